The number of fused-ring (bicyclic) bond motifs is 1. The van der Waals surface area contributed by atoms with Crippen molar-refractivity contribution >= 4 is 28.9 Å². The molecule has 1 aliphatic heterocycles. The number of amides is 1. The first kappa shape index (κ1) is 12.4. The number of hydrogen-bond donors (Lipinski definition) is 3. The Kier molecular flexibility index (Phi) is 2.99. The van der Waals surface area contributed by atoms with Gasteiger partial charge < -0.3 is 20.5 Å². The van der Waals surface area contributed by atoms with Crippen molar-refractivity contribution in [1.29, 1.82) is 0 Å². The second-order valence-electron chi connectivity index (χ2n) is 4.05. The molecule has 0 radical (unpaired) electrons. The third-order valence-electron chi connectivity index (χ3n) is 2.78. The molecule has 1 aromatic carbocycles. The summed E-state index contributed by atoms with van der Waals surface area (Å²) in [7, 11) is 0. The molecule has 0 aliphatic carbocycles. The van der Waals surface area contributed by atoms with Crippen LogP contribution < -0.4 is 20.5 Å². The highest BCUT2D eigenvalue weighted by Gasteiger charge is 2.17. The van der Waals surface area contributed by atoms with E-state index in [9.17, 15) is 4.79 Å². The van der Waals surface area contributed by atoms with Crippen LogP contribution in [0, 0.1) is 0 Å². The Hall–Kier alpha value is -2.61. The number of aromatic nitrogens is 2. The summed E-state index contributed by atoms with van der Waals surface area (Å²) in [5.74, 6) is 1.19. The average molecular weight is 290 g/mol. The van der Waals surface area contributed by atoms with Gasteiger partial charge in [0.05, 0.1) is 11.8 Å². The lowest BCUT2D eigenvalue weighted by molar-refractivity contribution is 0.102. The van der Waals surface area contributed by atoms with Crippen LogP contribution in [-0.2, 0) is 0 Å². The second-order valence-corrected chi connectivity index (χ2v) is 4.48. The van der Waals surface area contributed by atoms with Crippen molar-refractivity contribution < 1.29 is 14.3 Å². The Balaban J connectivity index is 1.83. The molecule has 0 unspecified atom stereocenters. The zero-order chi connectivity index (χ0) is 14.1. The first-order chi connectivity index (χ1) is 9.65. The quantitative estimate of drug-likeness (QED) is 0.730. The number of nitrogens with zero attached hydrogens (tertiary/aromatic N) is 1. The van der Waals surface area contributed by atoms with E-state index in [0.29, 0.717) is 28.4 Å². The summed E-state index contributed by atoms with van der Waals surface area (Å²) < 4.78 is 10.4. The van der Waals surface area contributed by atoms with Crippen molar-refractivity contribution in [2.45, 2.75) is 0 Å². The Morgan fingerprint density at radius 3 is 3.00 bits per heavy atom. The van der Waals surface area contributed by atoms with E-state index in [4.69, 9.17) is 27.4 Å². The van der Waals surface area contributed by atoms with Crippen LogP contribution in [0.1, 0.15) is 15.9 Å². The SMILES string of the molecule is NC(=S)c1cn[nH]c1NC(=O)c1ccc2c(c1)OCO2. The molecule has 0 saturated carbocycles. The Morgan fingerprint density at radius 1 is 1.40 bits per heavy atom. The highest BCUT2D eigenvalue weighted by Crippen LogP contribution is 2.32. The maximum atomic E-state index is 12.1. The first-order valence-corrected chi connectivity index (χ1v) is 6.10. The van der Waals surface area contributed by atoms with Crippen LogP contribution in [0.5, 0.6) is 11.5 Å². The number of hydrogen-bond acceptors (Lipinski definition) is 5. The van der Waals surface area contributed by atoms with Crippen LogP contribution in [0.4, 0.5) is 5.82 Å². The molecule has 0 bridgehead atoms. The van der Waals surface area contributed by atoms with E-state index >= 15 is 0 Å². The molecule has 7 nitrogen and oxygen atoms in total. The summed E-state index contributed by atoms with van der Waals surface area (Å²) in [5, 5.41) is 9.09. The normalized spacial score (nSPS) is 12.2. The van der Waals surface area contributed by atoms with Gasteiger partial charge in [-0.1, -0.05) is 12.2 Å². The van der Waals surface area contributed by atoms with E-state index in [2.05, 4.69) is 15.5 Å². The van der Waals surface area contributed by atoms with Crippen LogP contribution in [0.15, 0.2) is 24.4 Å². The molecule has 0 fully saturated rings. The van der Waals surface area contributed by atoms with Gasteiger partial charge in [0, 0.05) is 5.56 Å². The van der Waals surface area contributed by atoms with Crippen LogP contribution in [0.2, 0.25) is 0 Å². The fourth-order valence-corrected chi connectivity index (χ4v) is 1.95. The number of nitrogens with one attached hydrogen (secondary N) is 2. The monoisotopic (exact) mass is 290 g/mol. The van der Waals surface area contributed by atoms with E-state index in [0.717, 1.165) is 0 Å². The average Bonchev–Trinajstić information content (AvgIpc) is 3.05. The number of rotatable bonds is 3. The molecule has 3 rings (SSSR count). The van der Waals surface area contributed by atoms with Crippen molar-refractivity contribution in [3.8, 4) is 11.5 Å². The van der Waals surface area contributed by atoms with Crippen molar-refractivity contribution in [2.75, 3.05) is 12.1 Å². The highest BCUT2D eigenvalue weighted by molar-refractivity contribution is 7.80. The zero-order valence-electron chi connectivity index (χ0n) is 10.2. The van der Waals surface area contributed by atoms with Gasteiger partial charge in [-0.15, -0.1) is 0 Å². The van der Waals surface area contributed by atoms with E-state index in [1.54, 1.807) is 18.2 Å². The predicted octanol–water partition coefficient (Wildman–Crippen LogP) is 1.02. The molecule has 1 aliphatic rings. The smallest absolute Gasteiger partial charge is 0.256 e. The first-order valence-electron chi connectivity index (χ1n) is 5.69. The van der Waals surface area contributed by atoms with E-state index < -0.39 is 0 Å². The number of carbonyl (C=O) groups is 1. The van der Waals surface area contributed by atoms with Crippen LogP contribution in [0.25, 0.3) is 0 Å². The van der Waals surface area contributed by atoms with Crippen molar-refractivity contribution in [2.24, 2.45) is 5.73 Å². The molecule has 0 atom stereocenters. The number of benzene rings is 1. The summed E-state index contributed by atoms with van der Waals surface area (Å²) in [6.07, 6.45) is 1.46. The largest absolute Gasteiger partial charge is 0.454 e. The maximum Gasteiger partial charge on any atom is 0.256 e. The minimum atomic E-state index is -0.329. The number of anilines is 1. The van der Waals surface area contributed by atoms with E-state index in [1.165, 1.54) is 6.20 Å². The van der Waals surface area contributed by atoms with Gasteiger partial charge in [0.1, 0.15) is 10.8 Å². The fraction of sp³-hybridized carbons (Fsp3) is 0.0833. The van der Waals surface area contributed by atoms with Gasteiger partial charge in [0.2, 0.25) is 6.79 Å². The number of carbonyl (C=O) groups excluding carboxylic acids is 1. The molecule has 2 aromatic rings. The fourth-order valence-electron chi connectivity index (χ4n) is 1.79. The molecule has 1 amide bonds. The van der Waals surface area contributed by atoms with E-state index in [-0.39, 0.29) is 17.7 Å². The maximum absolute atomic E-state index is 12.1. The van der Waals surface area contributed by atoms with Gasteiger partial charge >= 0.3 is 0 Å². The van der Waals surface area contributed by atoms with Gasteiger partial charge in [0.15, 0.2) is 11.5 Å². The second kappa shape index (κ2) is 4.82. The van der Waals surface area contributed by atoms with Crippen molar-refractivity contribution in [3.05, 3.63) is 35.5 Å². The molecular formula is C12H10N4O3S. The highest BCUT2D eigenvalue weighted by atomic mass is 32.1. The molecule has 4 N–H and O–H groups in total. The van der Waals surface area contributed by atoms with Crippen molar-refractivity contribution in [1.82, 2.24) is 10.2 Å². The molecule has 0 saturated heterocycles. The summed E-state index contributed by atoms with van der Waals surface area (Å²) in [5.41, 5.74) is 6.44. The van der Waals surface area contributed by atoms with Crippen LogP contribution in [0.3, 0.4) is 0 Å². The van der Waals surface area contributed by atoms with E-state index in [1.807, 2.05) is 0 Å². The lowest BCUT2D eigenvalue weighted by atomic mass is 10.2. The number of aromatic amines is 1. The minimum absolute atomic E-state index is 0.153. The minimum Gasteiger partial charge on any atom is -0.454 e. The zero-order valence-corrected chi connectivity index (χ0v) is 11.0. The third-order valence-corrected chi connectivity index (χ3v) is 3.00. The summed E-state index contributed by atoms with van der Waals surface area (Å²) in [4.78, 5) is 12.3. The molecule has 8 heteroatoms. The molecule has 0 spiro atoms. The number of ether oxygens (including phenoxy) is 2. The predicted molar refractivity (Wildman–Crippen MR) is 75.0 cm³/mol. The van der Waals surface area contributed by atoms with Crippen LogP contribution in [-0.4, -0.2) is 27.9 Å². The lowest BCUT2D eigenvalue weighted by Gasteiger charge is -2.05. The Morgan fingerprint density at radius 2 is 2.20 bits per heavy atom. The lowest BCUT2D eigenvalue weighted by Crippen LogP contribution is -2.16. The number of H-pyrrole nitrogens is 1. The van der Waals surface area contributed by atoms with Gasteiger partial charge in [-0.25, -0.2) is 0 Å². The number of nitrogens with two attached hydrogens (primary N) is 1. The number of thiocarbonyl (C=S) groups is 1. The molecule has 102 valence electrons. The summed E-state index contributed by atoms with van der Waals surface area (Å²) in [6.45, 7) is 0.159. The molecule has 2 heterocycles. The van der Waals surface area contributed by atoms with Crippen LogP contribution >= 0.6 is 12.2 Å². The van der Waals surface area contributed by atoms with Gasteiger partial charge in [-0.05, 0) is 18.2 Å². The summed E-state index contributed by atoms with van der Waals surface area (Å²) in [6, 6.07) is 4.92. The third kappa shape index (κ3) is 2.16. The molecular weight excluding hydrogens is 280 g/mol. The van der Waals surface area contributed by atoms with Gasteiger partial charge in [0.25, 0.3) is 5.91 Å². The Labute approximate surface area is 119 Å². The van der Waals surface area contributed by atoms with Gasteiger partial charge in [-0.3, -0.25) is 9.89 Å². The summed E-state index contributed by atoms with van der Waals surface area (Å²) >= 11 is 4.87. The molecule has 1 aromatic heterocycles. The molecule has 20 heavy (non-hydrogen) atoms. The van der Waals surface area contributed by atoms with Gasteiger partial charge in [-0.2, -0.15) is 5.10 Å². The Bertz CT molecular complexity index is 698. The topological polar surface area (TPSA) is 102 Å². The standard InChI is InChI=1S/C12H10N4O3S/c13-10(20)7-4-14-16-11(7)15-12(17)6-1-2-8-9(3-6)19-5-18-8/h1-4H,5H2,(H2,13,20)(H2,14,15,16,17). The van der Waals surface area contributed by atoms with Crippen molar-refractivity contribution in [3.63, 3.8) is 0 Å².